The standard InChI is InChI=1S/C63H46O2/c1-7-19-38-30-33-49-53-36-51(59-50-27-16-17-29-56(50)64-62(59)61(53)65-60(49)41(38)8-2)37(4)34-52-43-32-31-40(35-55(43)63(5,6)54(52)9-3)57-45-23-12-14-25-47(45)58(48-26-15-13-24-46(48)57)44-28-18-21-39-20-10-11-22-42(39)44/h7-36H,2-3H2,1,4-6H3/b19-7-,37-34+. The first-order valence-electron chi connectivity index (χ1n) is 22.5. The predicted octanol–water partition coefficient (Wildman–Crippen LogP) is 18.3. The van der Waals surface area contributed by atoms with E-state index in [0.717, 1.165) is 66.1 Å². The molecule has 0 aliphatic heterocycles. The minimum Gasteiger partial charge on any atom is -0.452 e. The molecule has 0 bridgehead atoms. The van der Waals surface area contributed by atoms with Gasteiger partial charge < -0.3 is 8.83 Å². The lowest BCUT2D eigenvalue weighted by Crippen LogP contribution is -2.16. The van der Waals surface area contributed by atoms with E-state index in [2.05, 4.69) is 192 Å². The van der Waals surface area contributed by atoms with Crippen molar-refractivity contribution >= 4 is 99.5 Å². The Kier molecular flexibility index (Phi) is 8.67. The maximum absolute atomic E-state index is 6.79. The van der Waals surface area contributed by atoms with Crippen LogP contribution in [-0.2, 0) is 5.41 Å². The number of benzene rings is 9. The van der Waals surface area contributed by atoms with E-state index in [1.807, 2.05) is 31.2 Å². The van der Waals surface area contributed by atoms with Crippen molar-refractivity contribution in [2.75, 3.05) is 0 Å². The molecule has 1 aliphatic rings. The maximum Gasteiger partial charge on any atom is 0.179 e. The van der Waals surface area contributed by atoms with Gasteiger partial charge in [0.2, 0.25) is 0 Å². The van der Waals surface area contributed by atoms with E-state index < -0.39 is 0 Å². The molecule has 0 N–H and O–H groups in total. The highest BCUT2D eigenvalue weighted by Crippen LogP contribution is 2.52. The molecule has 0 radical (unpaired) electrons. The van der Waals surface area contributed by atoms with Gasteiger partial charge >= 0.3 is 0 Å². The molecule has 2 aromatic heterocycles. The van der Waals surface area contributed by atoms with Crippen LogP contribution in [0.15, 0.2) is 197 Å². The molecule has 0 saturated carbocycles. The van der Waals surface area contributed by atoms with Crippen LogP contribution in [0.4, 0.5) is 0 Å². The van der Waals surface area contributed by atoms with Gasteiger partial charge in [0, 0.05) is 32.5 Å². The fraction of sp³-hybridized carbons (Fsp3) is 0.0794. The summed E-state index contributed by atoms with van der Waals surface area (Å²) in [4.78, 5) is 0. The smallest absolute Gasteiger partial charge is 0.179 e. The van der Waals surface area contributed by atoms with Crippen LogP contribution < -0.4 is 0 Å². The SMILES string of the molecule is C=CC1=C(/C=C(\C)c2cc3c4ccc(/C=C\C)c(C=C)c4oc3c3oc4ccccc4c23)c2ccc(-c3c4ccccc4c(-c4cccc5ccccc45)c4ccccc34)cc2C1(C)C. The Morgan fingerprint density at radius 3 is 1.92 bits per heavy atom. The van der Waals surface area contributed by atoms with Gasteiger partial charge in [-0.15, -0.1) is 0 Å². The van der Waals surface area contributed by atoms with Crippen LogP contribution in [0, 0.1) is 0 Å². The molecule has 0 fully saturated rings. The monoisotopic (exact) mass is 834 g/mol. The van der Waals surface area contributed by atoms with E-state index in [4.69, 9.17) is 8.83 Å². The van der Waals surface area contributed by atoms with Crippen LogP contribution in [-0.4, -0.2) is 0 Å². The Morgan fingerprint density at radius 2 is 1.22 bits per heavy atom. The molecule has 2 heteroatoms. The summed E-state index contributed by atoms with van der Waals surface area (Å²) in [6.07, 6.45) is 10.5. The zero-order chi connectivity index (χ0) is 44.1. The highest BCUT2D eigenvalue weighted by molar-refractivity contribution is 6.25. The molecule has 0 amide bonds. The van der Waals surface area contributed by atoms with Gasteiger partial charge in [0.25, 0.3) is 0 Å². The van der Waals surface area contributed by atoms with Gasteiger partial charge in [0.15, 0.2) is 11.2 Å². The summed E-state index contributed by atoms with van der Waals surface area (Å²) >= 11 is 0. The van der Waals surface area contributed by atoms with Gasteiger partial charge in [-0.1, -0.05) is 185 Å². The van der Waals surface area contributed by atoms with Crippen molar-refractivity contribution < 1.29 is 8.83 Å². The third kappa shape index (κ3) is 5.60. The van der Waals surface area contributed by atoms with Crippen LogP contribution in [0.3, 0.4) is 0 Å². The van der Waals surface area contributed by atoms with Crippen LogP contribution in [0.2, 0.25) is 0 Å². The van der Waals surface area contributed by atoms with Gasteiger partial charge in [0.05, 0.1) is 0 Å². The summed E-state index contributed by atoms with van der Waals surface area (Å²) < 4.78 is 13.5. The second-order valence-electron chi connectivity index (χ2n) is 18.0. The zero-order valence-corrected chi connectivity index (χ0v) is 37.1. The first-order chi connectivity index (χ1) is 31.8. The van der Waals surface area contributed by atoms with Crippen molar-refractivity contribution in [3.05, 3.63) is 216 Å². The lowest BCUT2D eigenvalue weighted by Gasteiger charge is -2.24. The maximum atomic E-state index is 6.79. The largest absolute Gasteiger partial charge is 0.452 e. The van der Waals surface area contributed by atoms with E-state index >= 15 is 0 Å². The Labute approximate surface area is 378 Å². The molecule has 65 heavy (non-hydrogen) atoms. The van der Waals surface area contributed by atoms with Crippen molar-refractivity contribution in [2.24, 2.45) is 0 Å². The highest BCUT2D eigenvalue weighted by Gasteiger charge is 2.36. The second kappa shape index (κ2) is 14.6. The van der Waals surface area contributed by atoms with Crippen LogP contribution >= 0.6 is 0 Å². The first-order valence-corrected chi connectivity index (χ1v) is 22.5. The van der Waals surface area contributed by atoms with Crippen molar-refractivity contribution in [3.8, 4) is 22.3 Å². The Bertz CT molecular complexity index is 3900. The molecule has 310 valence electrons. The van der Waals surface area contributed by atoms with Gasteiger partial charge in [-0.25, -0.2) is 0 Å². The molecule has 11 aromatic rings. The molecule has 9 aromatic carbocycles. The number of hydrogen-bond acceptors (Lipinski definition) is 2. The number of hydrogen-bond donors (Lipinski definition) is 0. The fourth-order valence-corrected chi connectivity index (χ4v) is 11.1. The zero-order valence-electron chi connectivity index (χ0n) is 37.1. The van der Waals surface area contributed by atoms with Crippen molar-refractivity contribution in [3.63, 3.8) is 0 Å². The molecule has 2 heterocycles. The Balaban J connectivity index is 1.06. The number of para-hydroxylation sites is 1. The summed E-state index contributed by atoms with van der Waals surface area (Å²) in [7, 11) is 0. The lowest BCUT2D eigenvalue weighted by molar-refractivity contribution is 0.633. The van der Waals surface area contributed by atoms with Crippen molar-refractivity contribution in [1.29, 1.82) is 0 Å². The van der Waals surface area contributed by atoms with Crippen LogP contribution in [0.25, 0.3) is 122 Å². The minimum absolute atomic E-state index is 0.304. The lowest BCUT2D eigenvalue weighted by atomic mass is 9.79. The number of rotatable bonds is 7. The van der Waals surface area contributed by atoms with E-state index in [0.29, 0.717) is 0 Å². The summed E-state index contributed by atoms with van der Waals surface area (Å²) in [6.45, 7) is 17.5. The highest BCUT2D eigenvalue weighted by atomic mass is 16.4. The normalized spacial score (nSPS) is 14.1. The first kappa shape index (κ1) is 38.7. The number of fused-ring (bicyclic) bond motifs is 11. The van der Waals surface area contributed by atoms with Crippen LogP contribution in [0.1, 0.15) is 55.5 Å². The Morgan fingerprint density at radius 1 is 0.554 bits per heavy atom. The average Bonchev–Trinajstić information content (AvgIpc) is 3.97. The van der Waals surface area contributed by atoms with Crippen LogP contribution in [0.5, 0.6) is 0 Å². The third-order valence-corrected chi connectivity index (χ3v) is 14.1. The van der Waals surface area contributed by atoms with E-state index in [9.17, 15) is 0 Å². The van der Waals surface area contributed by atoms with Gasteiger partial charge in [0.1, 0.15) is 11.2 Å². The molecule has 0 spiro atoms. The predicted molar refractivity (Wildman–Crippen MR) is 279 cm³/mol. The summed E-state index contributed by atoms with van der Waals surface area (Å²) in [5, 5.41) is 11.7. The van der Waals surface area contributed by atoms with E-state index in [-0.39, 0.29) is 5.41 Å². The second-order valence-corrected chi connectivity index (χ2v) is 18.0. The van der Waals surface area contributed by atoms with Gasteiger partial charge in [-0.2, -0.15) is 0 Å². The molecule has 2 nitrogen and oxygen atoms in total. The number of allylic oxidation sites excluding steroid dienone is 6. The summed E-state index contributed by atoms with van der Waals surface area (Å²) in [6, 6.07) is 55.4. The summed E-state index contributed by atoms with van der Waals surface area (Å²) in [5.41, 5.74) is 17.0. The van der Waals surface area contributed by atoms with E-state index in [1.165, 1.54) is 76.8 Å². The third-order valence-electron chi connectivity index (χ3n) is 14.1. The molecule has 1 aliphatic carbocycles. The molecule has 12 rings (SSSR count). The Hall–Kier alpha value is -7.94. The summed E-state index contributed by atoms with van der Waals surface area (Å²) in [5.74, 6) is 0. The van der Waals surface area contributed by atoms with Gasteiger partial charge in [-0.3, -0.25) is 0 Å². The van der Waals surface area contributed by atoms with Crippen molar-refractivity contribution in [1.82, 2.24) is 0 Å². The number of furan rings is 2. The van der Waals surface area contributed by atoms with Crippen molar-refractivity contribution in [2.45, 2.75) is 33.1 Å². The topological polar surface area (TPSA) is 26.3 Å². The molecule has 0 saturated heterocycles. The molecular weight excluding hydrogens is 789 g/mol. The minimum atomic E-state index is -0.304. The molecular formula is C63H46O2. The fourth-order valence-electron chi connectivity index (χ4n) is 11.1. The van der Waals surface area contributed by atoms with Gasteiger partial charge in [-0.05, 0) is 132 Å². The average molecular weight is 835 g/mol. The quantitative estimate of drug-likeness (QED) is 0.150. The van der Waals surface area contributed by atoms with E-state index in [1.54, 1.807) is 0 Å². The molecule has 0 unspecified atom stereocenters. The molecule has 0 atom stereocenters.